The quantitative estimate of drug-likeness (QED) is 0.546. The van der Waals surface area contributed by atoms with Crippen LogP contribution in [0, 0.1) is 10.1 Å². The molecule has 0 aliphatic rings. The van der Waals surface area contributed by atoms with E-state index in [1.807, 2.05) is 17.6 Å². The molecule has 1 heterocycles. The maximum absolute atomic E-state index is 12.3. The van der Waals surface area contributed by atoms with Crippen LogP contribution in [0.2, 0.25) is 0 Å². The number of nitro benzene ring substituents is 1. The fourth-order valence-corrected chi connectivity index (χ4v) is 3.37. The minimum atomic E-state index is -0.428. The number of nitro groups is 1. The van der Waals surface area contributed by atoms with Gasteiger partial charge < -0.3 is 4.57 Å². The first-order valence-corrected chi connectivity index (χ1v) is 7.83. The van der Waals surface area contributed by atoms with E-state index in [-0.39, 0.29) is 11.6 Å². The predicted octanol–water partition coefficient (Wildman–Crippen LogP) is 3.37. The molecule has 0 unspecified atom stereocenters. The van der Waals surface area contributed by atoms with Crippen LogP contribution in [0.15, 0.2) is 53.5 Å². The molecule has 3 rings (SSSR count). The van der Waals surface area contributed by atoms with E-state index in [0.29, 0.717) is 22.4 Å². The highest BCUT2D eigenvalue weighted by molar-refractivity contribution is 7.16. The average molecular weight is 327 g/mol. The van der Waals surface area contributed by atoms with Crippen molar-refractivity contribution in [1.82, 2.24) is 4.57 Å². The first kappa shape index (κ1) is 15.1. The molecule has 0 saturated heterocycles. The van der Waals surface area contributed by atoms with Crippen molar-refractivity contribution in [3.63, 3.8) is 0 Å². The van der Waals surface area contributed by atoms with Gasteiger partial charge in [0.15, 0.2) is 4.80 Å². The molecule has 0 N–H and O–H groups in total. The van der Waals surface area contributed by atoms with Crippen LogP contribution >= 0.6 is 11.3 Å². The summed E-state index contributed by atoms with van der Waals surface area (Å²) in [5.41, 5.74) is 1.25. The number of thiazole rings is 1. The highest BCUT2D eigenvalue weighted by Gasteiger charge is 2.12. The molecular weight excluding hydrogens is 314 g/mol. The smallest absolute Gasteiger partial charge is 0.279 e. The predicted molar refractivity (Wildman–Crippen MR) is 88.5 cm³/mol. The van der Waals surface area contributed by atoms with Crippen LogP contribution in [0.25, 0.3) is 10.2 Å². The number of rotatable bonds is 3. The van der Waals surface area contributed by atoms with Crippen LogP contribution in [0.1, 0.15) is 17.3 Å². The number of carbonyl (C=O) groups is 1. The molecule has 1 aromatic heterocycles. The second kappa shape index (κ2) is 6.13. The van der Waals surface area contributed by atoms with E-state index in [1.54, 1.807) is 30.3 Å². The zero-order valence-electron chi connectivity index (χ0n) is 12.3. The molecule has 3 aromatic rings. The van der Waals surface area contributed by atoms with E-state index in [9.17, 15) is 14.9 Å². The Balaban J connectivity index is 2.16. The van der Waals surface area contributed by atoms with Gasteiger partial charge in [-0.05, 0) is 25.1 Å². The van der Waals surface area contributed by atoms with Gasteiger partial charge in [0.2, 0.25) is 0 Å². The zero-order chi connectivity index (χ0) is 16.4. The Bertz CT molecular complexity index is 958. The van der Waals surface area contributed by atoms with Gasteiger partial charge in [0, 0.05) is 24.2 Å². The Kier molecular flexibility index (Phi) is 4.03. The average Bonchev–Trinajstić information content (AvgIpc) is 2.91. The Morgan fingerprint density at radius 1 is 1.26 bits per heavy atom. The fraction of sp³-hybridized carbons (Fsp3) is 0.125. The number of aromatic nitrogens is 1. The third-order valence-electron chi connectivity index (χ3n) is 3.41. The lowest BCUT2D eigenvalue weighted by Gasteiger charge is -2.00. The number of amides is 1. The number of fused-ring (bicyclic) bond motifs is 1. The van der Waals surface area contributed by atoms with Crippen LogP contribution in [0.4, 0.5) is 5.69 Å². The molecule has 0 fully saturated rings. The van der Waals surface area contributed by atoms with Crippen molar-refractivity contribution in [2.45, 2.75) is 13.5 Å². The van der Waals surface area contributed by atoms with E-state index >= 15 is 0 Å². The molecule has 0 atom stereocenters. The highest BCUT2D eigenvalue weighted by Crippen LogP contribution is 2.23. The molecule has 0 bridgehead atoms. The van der Waals surface area contributed by atoms with Gasteiger partial charge in [0.05, 0.1) is 15.1 Å². The summed E-state index contributed by atoms with van der Waals surface area (Å²) < 4.78 is 2.67. The lowest BCUT2D eigenvalue weighted by Crippen LogP contribution is -2.15. The Morgan fingerprint density at radius 2 is 2.00 bits per heavy atom. The minimum Gasteiger partial charge on any atom is -0.316 e. The monoisotopic (exact) mass is 327 g/mol. The molecule has 116 valence electrons. The molecule has 2 aromatic carbocycles. The van der Waals surface area contributed by atoms with Crippen LogP contribution < -0.4 is 4.80 Å². The van der Waals surface area contributed by atoms with Crippen molar-refractivity contribution < 1.29 is 9.72 Å². The summed E-state index contributed by atoms with van der Waals surface area (Å²) in [7, 11) is 0. The number of benzene rings is 2. The Morgan fingerprint density at radius 3 is 2.65 bits per heavy atom. The van der Waals surface area contributed by atoms with Crippen LogP contribution in [-0.4, -0.2) is 15.4 Å². The molecule has 0 aliphatic heterocycles. The normalized spacial score (nSPS) is 11.8. The summed E-state index contributed by atoms with van der Waals surface area (Å²) in [6.07, 6.45) is 0. The van der Waals surface area contributed by atoms with E-state index < -0.39 is 4.92 Å². The summed E-state index contributed by atoms with van der Waals surface area (Å²) in [6, 6.07) is 13.5. The maximum atomic E-state index is 12.3. The summed E-state index contributed by atoms with van der Waals surface area (Å²) in [5, 5.41) is 10.9. The second-order valence-corrected chi connectivity index (χ2v) is 5.83. The molecule has 1 amide bonds. The first-order valence-electron chi connectivity index (χ1n) is 7.02. The number of non-ortho nitro benzene ring substituents is 1. The number of hydrogen-bond donors (Lipinski definition) is 0. The summed E-state index contributed by atoms with van der Waals surface area (Å²) >= 11 is 1.34. The van der Waals surface area contributed by atoms with Crippen LogP contribution in [0.5, 0.6) is 0 Å². The lowest BCUT2D eigenvalue weighted by atomic mass is 10.2. The van der Waals surface area contributed by atoms with Gasteiger partial charge in [0.25, 0.3) is 11.6 Å². The third-order valence-corrected chi connectivity index (χ3v) is 4.47. The minimum absolute atomic E-state index is 0.0263. The zero-order valence-corrected chi connectivity index (χ0v) is 13.1. The third kappa shape index (κ3) is 2.91. The first-order chi connectivity index (χ1) is 11.1. The van der Waals surface area contributed by atoms with Crippen molar-refractivity contribution >= 4 is 33.1 Å². The second-order valence-electron chi connectivity index (χ2n) is 4.82. The summed E-state index contributed by atoms with van der Waals surface area (Å²) in [4.78, 5) is 27.5. The highest BCUT2D eigenvalue weighted by atomic mass is 32.1. The van der Waals surface area contributed by atoms with Crippen LogP contribution in [-0.2, 0) is 6.54 Å². The van der Waals surface area contributed by atoms with Gasteiger partial charge in [-0.15, -0.1) is 0 Å². The molecule has 0 saturated carbocycles. The van der Waals surface area contributed by atoms with Crippen molar-refractivity contribution in [2.24, 2.45) is 4.99 Å². The Labute approximate surface area is 135 Å². The van der Waals surface area contributed by atoms with Gasteiger partial charge >= 0.3 is 0 Å². The molecular formula is C16H13N3O3S. The summed E-state index contributed by atoms with van der Waals surface area (Å²) in [5.74, 6) is -0.325. The largest absolute Gasteiger partial charge is 0.316 e. The maximum Gasteiger partial charge on any atom is 0.279 e. The molecule has 23 heavy (non-hydrogen) atoms. The topological polar surface area (TPSA) is 77.5 Å². The van der Waals surface area contributed by atoms with E-state index in [0.717, 1.165) is 4.70 Å². The van der Waals surface area contributed by atoms with Crippen LogP contribution in [0.3, 0.4) is 0 Å². The molecule has 6 nitrogen and oxygen atoms in total. The van der Waals surface area contributed by atoms with Gasteiger partial charge in [-0.25, -0.2) is 0 Å². The van der Waals surface area contributed by atoms with E-state index in [2.05, 4.69) is 4.99 Å². The van der Waals surface area contributed by atoms with Gasteiger partial charge in [-0.3, -0.25) is 14.9 Å². The van der Waals surface area contributed by atoms with Gasteiger partial charge in [-0.2, -0.15) is 4.99 Å². The molecule has 0 radical (unpaired) electrons. The Hall–Kier alpha value is -2.80. The molecule has 0 spiro atoms. The fourth-order valence-electron chi connectivity index (χ4n) is 2.29. The van der Waals surface area contributed by atoms with E-state index in [1.165, 1.54) is 23.5 Å². The number of nitrogens with zero attached hydrogens (tertiary/aromatic N) is 3. The molecule has 0 aliphatic carbocycles. The van der Waals surface area contributed by atoms with E-state index in [4.69, 9.17) is 0 Å². The van der Waals surface area contributed by atoms with Crippen molar-refractivity contribution in [3.8, 4) is 0 Å². The van der Waals surface area contributed by atoms with Gasteiger partial charge in [-0.1, -0.05) is 29.5 Å². The number of carbonyl (C=O) groups excluding carboxylic acids is 1. The van der Waals surface area contributed by atoms with Gasteiger partial charge in [0.1, 0.15) is 0 Å². The van der Waals surface area contributed by atoms with Crippen molar-refractivity contribution in [3.05, 3.63) is 69.0 Å². The molecule has 7 heteroatoms. The number of hydrogen-bond acceptors (Lipinski definition) is 4. The van der Waals surface area contributed by atoms with Crippen molar-refractivity contribution in [1.29, 1.82) is 0 Å². The van der Waals surface area contributed by atoms with Crippen molar-refractivity contribution in [2.75, 3.05) is 0 Å². The SMILES string of the molecule is CCn1c(=NC(=O)c2ccccc2)sc2ccc([N+](=O)[O-])cc21. The standard InChI is InChI=1S/C16H13N3O3S/c1-2-18-13-10-12(19(21)22)8-9-14(13)23-16(18)17-15(20)11-6-4-3-5-7-11/h3-10H,2H2,1H3. The summed E-state index contributed by atoms with van der Waals surface area (Å²) in [6.45, 7) is 2.49. The lowest BCUT2D eigenvalue weighted by molar-refractivity contribution is -0.384. The number of aryl methyl sites for hydroxylation is 1.